The minimum atomic E-state index is -0.498. The highest BCUT2D eigenvalue weighted by Gasteiger charge is 2.14. The molecular formula is C14H19FN2O3. The molecule has 110 valence electrons. The first-order chi connectivity index (χ1) is 9.31. The number of hydrogen-bond donors (Lipinski definition) is 2. The number of alkyl carbamates (subject to hydrolysis) is 1. The number of carbonyl (C=O) groups is 1. The van der Waals surface area contributed by atoms with E-state index in [1.807, 2.05) is 20.8 Å². The third kappa shape index (κ3) is 5.69. The van der Waals surface area contributed by atoms with Crippen molar-refractivity contribution in [3.8, 4) is 0 Å². The second-order valence-electron chi connectivity index (χ2n) is 5.36. The summed E-state index contributed by atoms with van der Waals surface area (Å²) in [6.07, 6.45) is 0.930. The maximum atomic E-state index is 13.5. The molecule has 5 nitrogen and oxygen atoms in total. The highest BCUT2D eigenvalue weighted by Crippen LogP contribution is 2.09. The molecule has 1 aromatic carbocycles. The summed E-state index contributed by atoms with van der Waals surface area (Å²) in [5, 5.41) is 13.8. The topological polar surface area (TPSA) is 70.9 Å². The number of amides is 1. The van der Waals surface area contributed by atoms with Gasteiger partial charge >= 0.3 is 6.09 Å². The molecule has 20 heavy (non-hydrogen) atoms. The van der Waals surface area contributed by atoms with Gasteiger partial charge in [0.05, 0.1) is 12.8 Å². The number of hydrogen-bond acceptors (Lipinski definition) is 4. The Labute approximate surface area is 117 Å². The Bertz CT molecular complexity index is 496. The van der Waals surface area contributed by atoms with E-state index >= 15 is 0 Å². The molecule has 0 unspecified atom stereocenters. The van der Waals surface area contributed by atoms with Gasteiger partial charge in [-0.2, -0.15) is 0 Å². The molecule has 0 radical (unpaired) electrons. The van der Waals surface area contributed by atoms with Crippen molar-refractivity contribution in [3.63, 3.8) is 0 Å². The van der Waals surface area contributed by atoms with Gasteiger partial charge in [-0.15, -0.1) is 0 Å². The van der Waals surface area contributed by atoms with Gasteiger partial charge in [0.15, 0.2) is 0 Å². The summed E-state index contributed by atoms with van der Waals surface area (Å²) in [4.78, 5) is 11.4. The third-order valence-electron chi connectivity index (χ3n) is 2.36. The summed E-state index contributed by atoms with van der Waals surface area (Å²) >= 11 is 0. The fraction of sp³-hybridized carbons (Fsp3) is 0.429. The normalized spacial score (nSPS) is 11.6. The average Bonchev–Trinajstić information content (AvgIpc) is 2.30. The predicted octanol–water partition coefficient (Wildman–Crippen LogP) is 2.70. The number of ether oxygens (including phenoxy) is 1. The molecule has 1 amide bonds. The van der Waals surface area contributed by atoms with Crippen LogP contribution in [0.4, 0.5) is 9.18 Å². The van der Waals surface area contributed by atoms with E-state index < -0.39 is 11.9 Å². The Morgan fingerprint density at radius 2 is 2.20 bits per heavy atom. The zero-order valence-corrected chi connectivity index (χ0v) is 11.8. The molecule has 0 heterocycles. The summed E-state index contributed by atoms with van der Waals surface area (Å²) in [5.41, 5.74) is 0.540. The number of nitrogens with zero attached hydrogens (tertiary/aromatic N) is 1. The van der Waals surface area contributed by atoms with Gasteiger partial charge in [-0.05, 0) is 32.4 Å². The quantitative estimate of drug-likeness (QED) is 0.506. The van der Waals surface area contributed by atoms with Crippen LogP contribution in [-0.2, 0) is 11.2 Å². The summed E-state index contributed by atoms with van der Waals surface area (Å²) in [6, 6.07) is 4.51. The number of rotatable bonds is 4. The van der Waals surface area contributed by atoms with Crippen LogP contribution in [0.15, 0.2) is 23.4 Å². The van der Waals surface area contributed by atoms with Crippen molar-refractivity contribution in [1.82, 2.24) is 5.32 Å². The van der Waals surface area contributed by atoms with Gasteiger partial charge in [-0.1, -0.05) is 17.3 Å². The molecule has 0 aromatic heterocycles. The SMILES string of the molecule is CC(C)(C)NC(=O)OCCc1ccc(/C=N/O)c(F)c1. The molecule has 1 rings (SSSR count). The van der Waals surface area contributed by atoms with Crippen LogP contribution in [-0.4, -0.2) is 29.7 Å². The molecule has 0 aliphatic carbocycles. The van der Waals surface area contributed by atoms with Crippen molar-refractivity contribution >= 4 is 12.3 Å². The van der Waals surface area contributed by atoms with Crippen molar-refractivity contribution in [1.29, 1.82) is 0 Å². The van der Waals surface area contributed by atoms with Gasteiger partial charge in [0, 0.05) is 17.5 Å². The molecule has 0 spiro atoms. The standard InChI is InChI=1S/C14H19FN2O3/c1-14(2,3)17-13(18)20-7-6-10-4-5-11(9-16-19)12(15)8-10/h4-5,8-9,19H,6-7H2,1-3H3,(H,17,18)/b16-9+. The highest BCUT2D eigenvalue weighted by molar-refractivity contribution is 5.79. The fourth-order valence-electron chi connectivity index (χ4n) is 1.50. The monoisotopic (exact) mass is 282 g/mol. The van der Waals surface area contributed by atoms with Crippen LogP contribution in [0.1, 0.15) is 31.9 Å². The van der Waals surface area contributed by atoms with Crippen LogP contribution in [0, 0.1) is 5.82 Å². The fourth-order valence-corrected chi connectivity index (χ4v) is 1.50. The molecule has 0 aliphatic heterocycles. The van der Waals surface area contributed by atoms with E-state index in [-0.39, 0.29) is 17.7 Å². The van der Waals surface area contributed by atoms with E-state index in [0.29, 0.717) is 12.0 Å². The minimum absolute atomic E-state index is 0.161. The Balaban J connectivity index is 2.47. The Morgan fingerprint density at radius 3 is 2.75 bits per heavy atom. The van der Waals surface area contributed by atoms with Crippen molar-refractivity contribution in [2.45, 2.75) is 32.7 Å². The van der Waals surface area contributed by atoms with E-state index in [2.05, 4.69) is 10.5 Å². The summed E-state index contributed by atoms with van der Waals surface area (Å²) in [6.45, 7) is 5.72. The van der Waals surface area contributed by atoms with Gasteiger partial charge in [0.25, 0.3) is 0 Å². The van der Waals surface area contributed by atoms with Crippen molar-refractivity contribution < 1.29 is 19.1 Å². The van der Waals surface area contributed by atoms with Gasteiger partial charge in [0.1, 0.15) is 5.82 Å². The number of carbonyl (C=O) groups excluding carboxylic acids is 1. The number of benzene rings is 1. The Kier molecular flexibility index (Phi) is 5.49. The second kappa shape index (κ2) is 6.88. The first-order valence-electron chi connectivity index (χ1n) is 6.22. The van der Waals surface area contributed by atoms with Gasteiger partial charge in [-0.3, -0.25) is 0 Å². The molecule has 0 fully saturated rings. The molecule has 0 atom stereocenters. The van der Waals surface area contributed by atoms with Crippen molar-refractivity contribution in [3.05, 3.63) is 35.1 Å². The van der Waals surface area contributed by atoms with Gasteiger partial charge in [0.2, 0.25) is 0 Å². The lowest BCUT2D eigenvalue weighted by Gasteiger charge is -2.19. The second-order valence-corrected chi connectivity index (χ2v) is 5.36. The van der Waals surface area contributed by atoms with Crippen LogP contribution in [0.5, 0.6) is 0 Å². The average molecular weight is 282 g/mol. The maximum Gasteiger partial charge on any atom is 0.407 e. The van der Waals surface area contributed by atoms with E-state index in [4.69, 9.17) is 9.94 Å². The van der Waals surface area contributed by atoms with Crippen LogP contribution in [0.25, 0.3) is 0 Å². The zero-order valence-electron chi connectivity index (χ0n) is 11.8. The van der Waals surface area contributed by atoms with E-state index in [0.717, 1.165) is 6.21 Å². The molecule has 0 aliphatic rings. The molecule has 0 saturated heterocycles. The predicted molar refractivity (Wildman–Crippen MR) is 73.7 cm³/mol. The van der Waals surface area contributed by atoms with Crippen LogP contribution in [0.3, 0.4) is 0 Å². The molecule has 0 saturated carbocycles. The first kappa shape index (κ1) is 15.9. The molecule has 0 bridgehead atoms. The molecule has 1 aromatic rings. The number of halogens is 1. The lowest BCUT2D eigenvalue weighted by molar-refractivity contribution is 0.139. The smallest absolute Gasteiger partial charge is 0.407 e. The first-order valence-corrected chi connectivity index (χ1v) is 6.22. The summed E-state index contributed by atoms with van der Waals surface area (Å²) < 4.78 is 18.5. The molecular weight excluding hydrogens is 263 g/mol. The molecule has 6 heteroatoms. The van der Waals surface area contributed by atoms with Crippen molar-refractivity contribution in [2.24, 2.45) is 5.16 Å². The van der Waals surface area contributed by atoms with Crippen molar-refractivity contribution in [2.75, 3.05) is 6.61 Å². The van der Waals surface area contributed by atoms with E-state index in [9.17, 15) is 9.18 Å². The summed E-state index contributed by atoms with van der Waals surface area (Å²) in [5.74, 6) is -0.487. The Morgan fingerprint density at radius 1 is 1.50 bits per heavy atom. The lowest BCUT2D eigenvalue weighted by atomic mass is 10.1. The number of oxime groups is 1. The van der Waals surface area contributed by atoms with Crippen LogP contribution in [0.2, 0.25) is 0 Å². The highest BCUT2D eigenvalue weighted by atomic mass is 19.1. The van der Waals surface area contributed by atoms with E-state index in [1.165, 1.54) is 12.1 Å². The third-order valence-corrected chi connectivity index (χ3v) is 2.36. The lowest BCUT2D eigenvalue weighted by Crippen LogP contribution is -2.41. The Hall–Kier alpha value is -2.11. The largest absolute Gasteiger partial charge is 0.449 e. The summed E-state index contributed by atoms with van der Waals surface area (Å²) in [7, 11) is 0. The minimum Gasteiger partial charge on any atom is -0.449 e. The van der Waals surface area contributed by atoms with E-state index in [1.54, 1.807) is 6.07 Å². The van der Waals surface area contributed by atoms with Gasteiger partial charge < -0.3 is 15.3 Å². The van der Waals surface area contributed by atoms with Gasteiger partial charge in [-0.25, -0.2) is 9.18 Å². The molecule has 2 N–H and O–H groups in total. The number of nitrogens with one attached hydrogen (secondary N) is 1. The zero-order chi connectivity index (χ0) is 15.2. The van der Waals surface area contributed by atoms with Crippen LogP contribution < -0.4 is 5.32 Å². The maximum absolute atomic E-state index is 13.5. The van der Waals surface area contributed by atoms with Crippen LogP contribution >= 0.6 is 0 Å².